The van der Waals surface area contributed by atoms with E-state index in [0.717, 1.165) is 11.8 Å². The number of hydrogen-bond acceptors (Lipinski definition) is 6. The normalized spacial score (nSPS) is 10.6. The number of benzene rings is 1. The summed E-state index contributed by atoms with van der Waals surface area (Å²) in [6, 6.07) is 6.55. The van der Waals surface area contributed by atoms with Crippen molar-refractivity contribution in [2.24, 2.45) is 0 Å². The van der Waals surface area contributed by atoms with Crippen LogP contribution in [0, 0.1) is 5.82 Å². The predicted octanol–water partition coefficient (Wildman–Crippen LogP) is 4.24. The first-order valence-electron chi connectivity index (χ1n) is 8.04. The number of rotatable bonds is 4. The topological polar surface area (TPSA) is 93.8 Å². The average molecular weight is 396 g/mol. The quantitative estimate of drug-likeness (QED) is 0.555. The summed E-state index contributed by atoms with van der Waals surface area (Å²) in [4.78, 5) is 28.3. The fourth-order valence-electron chi connectivity index (χ4n) is 2.50. The SMILES string of the molecule is O=C(Nc1cnc(-c2cc(-c3ncco3)ccc2Cl)cn1)c1ccncc1F. The van der Waals surface area contributed by atoms with E-state index < -0.39 is 11.7 Å². The molecule has 0 saturated heterocycles. The Balaban J connectivity index is 1.58. The maximum atomic E-state index is 13.6. The van der Waals surface area contributed by atoms with E-state index in [1.54, 1.807) is 24.4 Å². The molecule has 0 aliphatic heterocycles. The molecule has 1 amide bonds. The summed E-state index contributed by atoms with van der Waals surface area (Å²) < 4.78 is 18.9. The van der Waals surface area contributed by atoms with Crippen LogP contribution in [0.3, 0.4) is 0 Å². The first-order chi connectivity index (χ1) is 13.6. The van der Waals surface area contributed by atoms with Crippen LogP contribution in [0.15, 0.2) is 65.9 Å². The van der Waals surface area contributed by atoms with Gasteiger partial charge in [-0.15, -0.1) is 0 Å². The molecule has 4 aromatic rings. The zero-order valence-electron chi connectivity index (χ0n) is 14.1. The van der Waals surface area contributed by atoms with Crippen LogP contribution in [0.4, 0.5) is 10.2 Å². The molecule has 0 spiro atoms. The van der Waals surface area contributed by atoms with Crippen LogP contribution < -0.4 is 5.32 Å². The van der Waals surface area contributed by atoms with Crippen LogP contribution in [0.5, 0.6) is 0 Å². The van der Waals surface area contributed by atoms with Crippen molar-refractivity contribution in [3.63, 3.8) is 0 Å². The first-order valence-corrected chi connectivity index (χ1v) is 8.42. The molecule has 0 unspecified atom stereocenters. The van der Waals surface area contributed by atoms with E-state index >= 15 is 0 Å². The Morgan fingerprint density at radius 3 is 2.68 bits per heavy atom. The zero-order valence-corrected chi connectivity index (χ0v) is 14.9. The van der Waals surface area contributed by atoms with Gasteiger partial charge in [0.15, 0.2) is 11.6 Å². The molecule has 0 saturated carbocycles. The Labute approximate surface area is 163 Å². The number of carbonyl (C=O) groups excluding carboxylic acids is 1. The second-order valence-corrected chi connectivity index (χ2v) is 6.04. The van der Waals surface area contributed by atoms with Crippen LogP contribution in [0.1, 0.15) is 10.4 Å². The van der Waals surface area contributed by atoms with E-state index in [1.807, 2.05) is 0 Å². The maximum absolute atomic E-state index is 13.6. The number of nitrogens with zero attached hydrogens (tertiary/aromatic N) is 4. The Hall–Kier alpha value is -3.65. The molecule has 0 fully saturated rings. The van der Waals surface area contributed by atoms with Crippen molar-refractivity contribution >= 4 is 23.3 Å². The fraction of sp³-hybridized carbons (Fsp3) is 0. The molecule has 3 aromatic heterocycles. The number of pyridine rings is 1. The number of amides is 1. The van der Waals surface area contributed by atoms with Crippen molar-refractivity contribution in [3.8, 4) is 22.7 Å². The molecular weight excluding hydrogens is 385 g/mol. The molecule has 138 valence electrons. The summed E-state index contributed by atoms with van der Waals surface area (Å²) in [5.74, 6) is -0.746. The molecule has 1 aromatic carbocycles. The summed E-state index contributed by atoms with van der Waals surface area (Å²) >= 11 is 6.28. The summed E-state index contributed by atoms with van der Waals surface area (Å²) in [7, 11) is 0. The lowest BCUT2D eigenvalue weighted by Crippen LogP contribution is -2.15. The molecule has 28 heavy (non-hydrogen) atoms. The van der Waals surface area contributed by atoms with E-state index in [1.165, 1.54) is 30.9 Å². The van der Waals surface area contributed by atoms with Crippen molar-refractivity contribution in [3.05, 3.63) is 77.9 Å². The van der Waals surface area contributed by atoms with Gasteiger partial charge in [-0.05, 0) is 24.3 Å². The van der Waals surface area contributed by atoms with Gasteiger partial charge in [0.25, 0.3) is 5.91 Å². The third-order valence-electron chi connectivity index (χ3n) is 3.83. The van der Waals surface area contributed by atoms with Crippen LogP contribution in [-0.4, -0.2) is 25.8 Å². The molecule has 4 rings (SSSR count). The first kappa shape index (κ1) is 17.7. The highest BCUT2D eigenvalue weighted by atomic mass is 35.5. The maximum Gasteiger partial charge on any atom is 0.259 e. The van der Waals surface area contributed by atoms with Crippen molar-refractivity contribution in [1.82, 2.24) is 19.9 Å². The Bertz CT molecular complexity index is 1130. The summed E-state index contributed by atoms with van der Waals surface area (Å²) in [6.07, 6.45) is 8.14. The van der Waals surface area contributed by atoms with Gasteiger partial charge in [-0.25, -0.2) is 14.4 Å². The van der Waals surface area contributed by atoms with Gasteiger partial charge in [-0.2, -0.15) is 0 Å². The van der Waals surface area contributed by atoms with Gasteiger partial charge in [0, 0.05) is 17.3 Å². The van der Waals surface area contributed by atoms with Crippen molar-refractivity contribution < 1.29 is 13.6 Å². The number of nitrogens with one attached hydrogen (secondary N) is 1. The second kappa shape index (κ2) is 7.53. The smallest absolute Gasteiger partial charge is 0.259 e. The van der Waals surface area contributed by atoms with Gasteiger partial charge in [0.05, 0.1) is 41.1 Å². The van der Waals surface area contributed by atoms with E-state index in [-0.39, 0.29) is 11.4 Å². The van der Waals surface area contributed by atoms with Crippen molar-refractivity contribution in [2.75, 3.05) is 5.32 Å². The predicted molar refractivity (Wildman–Crippen MR) is 100 cm³/mol. The Morgan fingerprint density at radius 1 is 1.07 bits per heavy atom. The standard InChI is InChI=1S/C19H11ClFN5O2/c20-14-2-1-11(19-23-5-6-28-19)7-13(14)16-9-25-17(10-24-16)26-18(27)12-3-4-22-8-15(12)21/h1-10H,(H,25,26,27). The van der Waals surface area contributed by atoms with Gasteiger partial charge in [0.1, 0.15) is 6.26 Å². The van der Waals surface area contributed by atoms with Crippen molar-refractivity contribution in [1.29, 1.82) is 0 Å². The number of carbonyl (C=O) groups is 1. The van der Waals surface area contributed by atoms with Gasteiger partial charge in [-0.1, -0.05) is 11.6 Å². The lowest BCUT2D eigenvalue weighted by Gasteiger charge is -2.08. The molecule has 9 heteroatoms. The van der Waals surface area contributed by atoms with E-state index in [0.29, 0.717) is 22.2 Å². The highest BCUT2D eigenvalue weighted by Gasteiger charge is 2.14. The molecule has 0 aliphatic carbocycles. The molecule has 0 atom stereocenters. The Morgan fingerprint density at radius 2 is 1.96 bits per heavy atom. The molecular formula is C19H11ClFN5O2. The van der Waals surface area contributed by atoms with Crippen LogP contribution >= 0.6 is 11.6 Å². The minimum Gasteiger partial charge on any atom is -0.445 e. The van der Waals surface area contributed by atoms with Crippen LogP contribution in [0.25, 0.3) is 22.7 Å². The Kier molecular flexibility index (Phi) is 4.77. The molecule has 1 N–H and O–H groups in total. The molecule has 0 aliphatic rings. The fourth-order valence-corrected chi connectivity index (χ4v) is 2.71. The lowest BCUT2D eigenvalue weighted by atomic mass is 10.1. The number of aromatic nitrogens is 4. The monoisotopic (exact) mass is 395 g/mol. The van der Waals surface area contributed by atoms with Gasteiger partial charge >= 0.3 is 0 Å². The number of anilines is 1. The highest BCUT2D eigenvalue weighted by molar-refractivity contribution is 6.33. The minimum atomic E-state index is -0.722. The zero-order chi connectivity index (χ0) is 19.5. The van der Waals surface area contributed by atoms with Gasteiger partial charge < -0.3 is 9.73 Å². The molecule has 0 radical (unpaired) electrons. The van der Waals surface area contributed by atoms with Crippen molar-refractivity contribution in [2.45, 2.75) is 0 Å². The molecule has 7 nitrogen and oxygen atoms in total. The third kappa shape index (κ3) is 3.58. The summed E-state index contributed by atoms with van der Waals surface area (Å²) in [6.45, 7) is 0. The third-order valence-corrected chi connectivity index (χ3v) is 4.16. The summed E-state index contributed by atoms with van der Waals surface area (Å²) in [5, 5.41) is 2.96. The summed E-state index contributed by atoms with van der Waals surface area (Å²) in [5.41, 5.74) is 1.72. The van der Waals surface area contributed by atoms with E-state index in [4.69, 9.17) is 16.0 Å². The largest absolute Gasteiger partial charge is 0.445 e. The molecule has 3 heterocycles. The number of oxazole rings is 1. The van der Waals surface area contributed by atoms with Gasteiger partial charge in [0.2, 0.25) is 5.89 Å². The highest BCUT2D eigenvalue weighted by Crippen LogP contribution is 2.31. The number of hydrogen-bond donors (Lipinski definition) is 1. The van der Waals surface area contributed by atoms with E-state index in [2.05, 4.69) is 25.3 Å². The van der Waals surface area contributed by atoms with Gasteiger partial charge in [-0.3, -0.25) is 14.8 Å². The van der Waals surface area contributed by atoms with E-state index in [9.17, 15) is 9.18 Å². The van der Waals surface area contributed by atoms with Crippen LogP contribution in [0.2, 0.25) is 5.02 Å². The number of halogens is 2. The van der Waals surface area contributed by atoms with Crippen LogP contribution in [-0.2, 0) is 0 Å². The molecule has 0 bridgehead atoms. The second-order valence-electron chi connectivity index (χ2n) is 5.63. The lowest BCUT2D eigenvalue weighted by molar-refractivity contribution is 0.102. The average Bonchev–Trinajstić information content (AvgIpc) is 3.24. The minimum absolute atomic E-state index is 0.137.